The molecule has 0 saturated heterocycles. The Kier molecular flexibility index (Phi) is 5.43. The van der Waals surface area contributed by atoms with Gasteiger partial charge in [-0.25, -0.2) is 0 Å². The minimum Gasteiger partial charge on any atom is -0.387 e. The second kappa shape index (κ2) is 6.61. The lowest BCUT2D eigenvalue weighted by Gasteiger charge is -2.09. The average molecular weight is 261 g/mol. The first kappa shape index (κ1) is 13.1. The standard InChI is InChI=1S/C11H14Cl2N2O/c1-14-10-4-3-8(13)7-9(10)11(16)15-6-2-5-12/h3-4,7,14H,2,5-6H2,1H3,(H,15,16). The number of alkyl halides is 1. The van der Waals surface area contributed by atoms with E-state index in [1.54, 1.807) is 25.2 Å². The maximum absolute atomic E-state index is 11.8. The Morgan fingerprint density at radius 3 is 2.81 bits per heavy atom. The lowest BCUT2D eigenvalue weighted by atomic mass is 10.1. The van der Waals surface area contributed by atoms with Gasteiger partial charge in [0.2, 0.25) is 0 Å². The fourth-order valence-electron chi connectivity index (χ4n) is 1.29. The van der Waals surface area contributed by atoms with Crippen LogP contribution >= 0.6 is 23.2 Å². The van der Waals surface area contributed by atoms with E-state index in [0.29, 0.717) is 23.0 Å². The van der Waals surface area contributed by atoms with Crippen molar-refractivity contribution in [3.63, 3.8) is 0 Å². The Bertz CT molecular complexity index is 369. The van der Waals surface area contributed by atoms with Crippen molar-refractivity contribution >= 4 is 34.8 Å². The molecule has 0 aliphatic carbocycles. The molecule has 0 fully saturated rings. The maximum Gasteiger partial charge on any atom is 0.253 e. The Morgan fingerprint density at radius 2 is 2.19 bits per heavy atom. The molecular weight excluding hydrogens is 247 g/mol. The van der Waals surface area contributed by atoms with Gasteiger partial charge in [0.15, 0.2) is 0 Å². The lowest BCUT2D eigenvalue weighted by Crippen LogP contribution is -2.25. The first-order chi connectivity index (χ1) is 7.69. The van der Waals surface area contributed by atoms with Crippen LogP contribution in [0.3, 0.4) is 0 Å². The van der Waals surface area contributed by atoms with Gasteiger partial charge in [-0.3, -0.25) is 4.79 Å². The predicted molar refractivity (Wildman–Crippen MR) is 68.7 cm³/mol. The molecule has 0 atom stereocenters. The van der Waals surface area contributed by atoms with Crippen LogP contribution in [-0.2, 0) is 0 Å². The number of anilines is 1. The second-order valence-electron chi connectivity index (χ2n) is 3.24. The highest BCUT2D eigenvalue weighted by Gasteiger charge is 2.10. The van der Waals surface area contributed by atoms with Crippen LogP contribution in [0, 0.1) is 0 Å². The van der Waals surface area contributed by atoms with Crippen molar-refractivity contribution in [1.82, 2.24) is 5.32 Å². The summed E-state index contributed by atoms with van der Waals surface area (Å²) in [5.74, 6) is 0.395. The van der Waals surface area contributed by atoms with Gasteiger partial charge in [-0.05, 0) is 24.6 Å². The summed E-state index contributed by atoms with van der Waals surface area (Å²) in [6.07, 6.45) is 0.753. The number of halogens is 2. The molecule has 0 spiro atoms. The summed E-state index contributed by atoms with van der Waals surface area (Å²) >= 11 is 11.4. The topological polar surface area (TPSA) is 41.1 Å². The van der Waals surface area contributed by atoms with E-state index < -0.39 is 0 Å². The van der Waals surface area contributed by atoms with E-state index >= 15 is 0 Å². The molecule has 5 heteroatoms. The number of carbonyl (C=O) groups is 1. The molecule has 0 saturated carbocycles. The summed E-state index contributed by atoms with van der Waals surface area (Å²) in [6, 6.07) is 5.16. The third-order valence-corrected chi connectivity index (χ3v) is 2.59. The van der Waals surface area contributed by atoms with E-state index in [9.17, 15) is 4.79 Å². The highest BCUT2D eigenvalue weighted by Crippen LogP contribution is 2.20. The SMILES string of the molecule is CNc1ccc(Cl)cc1C(=O)NCCCCl. The lowest BCUT2D eigenvalue weighted by molar-refractivity contribution is 0.0954. The molecular formula is C11H14Cl2N2O. The van der Waals surface area contributed by atoms with Gasteiger partial charge >= 0.3 is 0 Å². The van der Waals surface area contributed by atoms with E-state index in [2.05, 4.69) is 10.6 Å². The van der Waals surface area contributed by atoms with Crippen LogP contribution in [0.1, 0.15) is 16.8 Å². The van der Waals surface area contributed by atoms with Crippen LogP contribution in [-0.4, -0.2) is 25.4 Å². The minimum atomic E-state index is -0.142. The molecule has 0 aromatic heterocycles. The number of hydrogen-bond donors (Lipinski definition) is 2. The van der Waals surface area contributed by atoms with Crippen molar-refractivity contribution in [3.8, 4) is 0 Å². The minimum absolute atomic E-state index is 0.142. The fourth-order valence-corrected chi connectivity index (χ4v) is 1.59. The summed E-state index contributed by atoms with van der Waals surface area (Å²) in [5, 5.41) is 6.27. The molecule has 0 heterocycles. The number of amides is 1. The molecule has 3 nitrogen and oxygen atoms in total. The number of benzene rings is 1. The zero-order valence-corrected chi connectivity index (χ0v) is 10.5. The first-order valence-electron chi connectivity index (χ1n) is 5.00. The highest BCUT2D eigenvalue weighted by atomic mass is 35.5. The van der Waals surface area contributed by atoms with Gasteiger partial charge in [0.05, 0.1) is 5.56 Å². The Balaban J connectivity index is 2.76. The molecule has 2 N–H and O–H groups in total. The molecule has 0 unspecified atom stereocenters. The summed E-state index contributed by atoms with van der Waals surface area (Å²) in [5.41, 5.74) is 1.30. The molecule has 88 valence electrons. The smallest absolute Gasteiger partial charge is 0.253 e. The normalized spacial score (nSPS) is 9.94. The van der Waals surface area contributed by atoms with Crippen molar-refractivity contribution < 1.29 is 4.79 Å². The fraction of sp³-hybridized carbons (Fsp3) is 0.364. The number of nitrogens with one attached hydrogen (secondary N) is 2. The largest absolute Gasteiger partial charge is 0.387 e. The van der Waals surface area contributed by atoms with Crippen LogP contribution in [0.4, 0.5) is 5.69 Å². The Morgan fingerprint density at radius 1 is 1.44 bits per heavy atom. The molecule has 1 aromatic carbocycles. The van der Waals surface area contributed by atoms with Crippen molar-refractivity contribution in [2.24, 2.45) is 0 Å². The quantitative estimate of drug-likeness (QED) is 0.632. The van der Waals surface area contributed by atoms with Gasteiger partial charge < -0.3 is 10.6 Å². The van der Waals surface area contributed by atoms with E-state index in [1.807, 2.05) is 0 Å². The summed E-state index contributed by atoms with van der Waals surface area (Å²) in [6.45, 7) is 0.567. The van der Waals surface area contributed by atoms with Crippen LogP contribution < -0.4 is 10.6 Å². The summed E-state index contributed by atoms with van der Waals surface area (Å²) in [4.78, 5) is 11.8. The highest BCUT2D eigenvalue weighted by molar-refractivity contribution is 6.31. The second-order valence-corrected chi connectivity index (χ2v) is 4.05. The maximum atomic E-state index is 11.8. The first-order valence-corrected chi connectivity index (χ1v) is 5.91. The van der Waals surface area contributed by atoms with E-state index in [0.717, 1.165) is 12.1 Å². The zero-order chi connectivity index (χ0) is 12.0. The number of rotatable bonds is 5. The molecule has 1 aromatic rings. The molecule has 0 radical (unpaired) electrons. The van der Waals surface area contributed by atoms with E-state index in [4.69, 9.17) is 23.2 Å². The molecule has 0 bridgehead atoms. The van der Waals surface area contributed by atoms with Gasteiger partial charge in [0.1, 0.15) is 0 Å². The van der Waals surface area contributed by atoms with Crippen LogP contribution in [0.2, 0.25) is 5.02 Å². The predicted octanol–water partition coefficient (Wildman–Crippen LogP) is 2.74. The summed E-state index contributed by atoms with van der Waals surface area (Å²) < 4.78 is 0. The van der Waals surface area contributed by atoms with Gasteiger partial charge in [0.25, 0.3) is 5.91 Å². The van der Waals surface area contributed by atoms with Crippen molar-refractivity contribution in [2.45, 2.75) is 6.42 Å². The third-order valence-electron chi connectivity index (χ3n) is 2.09. The van der Waals surface area contributed by atoms with Crippen molar-refractivity contribution in [1.29, 1.82) is 0 Å². The van der Waals surface area contributed by atoms with Crippen molar-refractivity contribution in [2.75, 3.05) is 24.8 Å². The van der Waals surface area contributed by atoms with Gasteiger partial charge in [-0.1, -0.05) is 11.6 Å². The monoisotopic (exact) mass is 260 g/mol. The average Bonchev–Trinajstić information content (AvgIpc) is 2.29. The molecule has 1 amide bonds. The summed E-state index contributed by atoms with van der Waals surface area (Å²) in [7, 11) is 1.76. The number of carbonyl (C=O) groups excluding carboxylic acids is 1. The molecule has 0 aliphatic rings. The Labute approximate surface area is 105 Å². The van der Waals surface area contributed by atoms with E-state index in [-0.39, 0.29) is 5.91 Å². The van der Waals surface area contributed by atoms with Crippen molar-refractivity contribution in [3.05, 3.63) is 28.8 Å². The third kappa shape index (κ3) is 3.58. The van der Waals surface area contributed by atoms with Crippen LogP contribution in [0.15, 0.2) is 18.2 Å². The molecule has 0 aliphatic heterocycles. The zero-order valence-electron chi connectivity index (χ0n) is 9.02. The van der Waals surface area contributed by atoms with Gasteiger partial charge in [-0.15, -0.1) is 11.6 Å². The number of hydrogen-bond acceptors (Lipinski definition) is 2. The van der Waals surface area contributed by atoms with Crippen LogP contribution in [0.25, 0.3) is 0 Å². The Hall–Kier alpha value is -0.930. The van der Waals surface area contributed by atoms with E-state index in [1.165, 1.54) is 0 Å². The molecule has 1 rings (SSSR count). The van der Waals surface area contributed by atoms with Crippen LogP contribution in [0.5, 0.6) is 0 Å². The van der Waals surface area contributed by atoms with Gasteiger partial charge in [0, 0.05) is 30.2 Å². The van der Waals surface area contributed by atoms with Gasteiger partial charge in [-0.2, -0.15) is 0 Å². The molecule has 16 heavy (non-hydrogen) atoms.